The van der Waals surface area contributed by atoms with Crippen LogP contribution in [-0.4, -0.2) is 117 Å². The highest BCUT2D eigenvalue weighted by Crippen LogP contribution is 2.35. The summed E-state index contributed by atoms with van der Waals surface area (Å²) in [6.07, 6.45) is 6.63. The summed E-state index contributed by atoms with van der Waals surface area (Å²) in [6.45, 7) is 8.54. The van der Waals surface area contributed by atoms with Gasteiger partial charge in [-0.1, -0.05) is 62.4 Å². The zero-order valence-electron chi connectivity index (χ0n) is 30.5. The fourth-order valence-corrected chi connectivity index (χ4v) is 7.64. The van der Waals surface area contributed by atoms with Crippen LogP contribution < -0.4 is 5.32 Å². The third-order valence-corrected chi connectivity index (χ3v) is 10.7. The molecular formula is C39H49N9O4. The molecule has 3 N–H and O–H groups in total. The minimum atomic E-state index is -0.673. The average Bonchev–Trinajstić information content (AvgIpc) is 4.00. The molecular weight excluding hydrogens is 658 g/mol. The zero-order chi connectivity index (χ0) is 36.4. The predicted molar refractivity (Wildman–Crippen MR) is 198 cm³/mol. The van der Waals surface area contributed by atoms with Crippen molar-refractivity contribution >= 4 is 18.0 Å². The number of rotatable bonds is 8. The monoisotopic (exact) mass is 707 g/mol. The van der Waals surface area contributed by atoms with Gasteiger partial charge in [-0.3, -0.25) is 4.79 Å². The van der Waals surface area contributed by atoms with Gasteiger partial charge in [0.1, 0.15) is 17.7 Å². The number of H-pyrrole nitrogens is 2. The van der Waals surface area contributed by atoms with Crippen LogP contribution in [-0.2, 0) is 9.53 Å². The van der Waals surface area contributed by atoms with Gasteiger partial charge in [0.05, 0.1) is 43.0 Å². The van der Waals surface area contributed by atoms with Crippen molar-refractivity contribution in [3.8, 4) is 33.6 Å². The molecule has 13 nitrogen and oxygen atoms in total. The van der Waals surface area contributed by atoms with Crippen molar-refractivity contribution in [2.24, 2.45) is 5.92 Å². The molecule has 0 spiro atoms. The van der Waals surface area contributed by atoms with Crippen molar-refractivity contribution in [3.63, 3.8) is 0 Å². The van der Waals surface area contributed by atoms with Crippen molar-refractivity contribution < 1.29 is 19.1 Å². The Labute approximate surface area is 304 Å². The first-order valence-electron chi connectivity index (χ1n) is 18.4. The van der Waals surface area contributed by atoms with E-state index in [9.17, 15) is 14.4 Å². The Hall–Kier alpha value is -5.17. The Balaban J connectivity index is 0.992. The standard InChI is InChI=1S/C39H49N9O4/c1-25(2)34(44-38(50)52-4)37(49)47-17-5-7-32(47)35-40-23-30(42-35)28-13-9-26(10-14-28)27-11-15-29(16-12-27)31-24-41-36(43-31)33-8-6-18-48(33)39(51)46-21-19-45(3)20-22-46/h9-16,23-25,32-34H,5-8,17-22H2,1-4H3,(H,40,42)(H,41,43)(H,44,50)/t32-,33-,34-/m0/s1. The molecule has 5 heterocycles. The molecule has 3 saturated heterocycles. The number of hydrogen-bond acceptors (Lipinski definition) is 7. The molecule has 3 fully saturated rings. The molecule has 3 atom stereocenters. The van der Waals surface area contributed by atoms with E-state index >= 15 is 0 Å². The van der Waals surface area contributed by atoms with E-state index in [-0.39, 0.29) is 29.9 Å². The van der Waals surface area contributed by atoms with Crippen LogP contribution in [0.2, 0.25) is 0 Å². The van der Waals surface area contributed by atoms with Gasteiger partial charge in [0, 0.05) is 39.3 Å². The summed E-state index contributed by atoms with van der Waals surface area (Å²) in [5.74, 6) is 1.37. The lowest BCUT2D eigenvalue weighted by Crippen LogP contribution is -2.51. The smallest absolute Gasteiger partial charge is 0.407 e. The number of methoxy groups -OCH3 is 1. The number of alkyl carbamates (subject to hydrolysis) is 1. The van der Waals surface area contributed by atoms with Crippen molar-refractivity contribution in [2.45, 2.75) is 57.7 Å². The number of likely N-dealkylation sites (tertiary alicyclic amines) is 2. The summed E-state index contributed by atoms with van der Waals surface area (Å²) in [5, 5.41) is 2.70. The first kappa shape index (κ1) is 35.2. The predicted octanol–water partition coefficient (Wildman–Crippen LogP) is 5.68. The Morgan fingerprint density at radius 1 is 0.731 bits per heavy atom. The second-order valence-corrected chi connectivity index (χ2v) is 14.5. The number of hydrogen-bond donors (Lipinski definition) is 3. The van der Waals surface area contributed by atoms with Gasteiger partial charge in [-0.2, -0.15) is 0 Å². The molecule has 3 aliphatic rings. The number of nitrogens with zero attached hydrogens (tertiary/aromatic N) is 6. The summed E-state index contributed by atoms with van der Waals surface area (Å²) in [4.78, 5) is 63.2. The van der Waals surface area contributed by atoms with E-state index in [4.69, 9.17) is 9.72 Å². The van der Waals surface area contributed by atoms with Crippen LogP contribution in [0.25, 0.3) is 33.6 Å². The minimum absolute atomic E-state index is 0.0307. The van der Waals surface area contributed by atoms with Crippen LogP contribution in [0.3, 0.4) is 0 Å². The number of nitrogens with one attached hydrogen (secondary N) is 3. The van der Waals surface area contributed by atoms with Crippen molar-refractivity contribution in [1.82, 2.24) is 44.9 Å². The van der Waals surface area contributed by atoms with Crippen LogP contribution in [0.4, 0.5) is 9.59 Å². The molecule has 0 aliphatic carbocycles. The highest BCUT2D eigenvalue weighted by Gasteiger charge is 2.38. The maximum atomic E-state index is 13.5. The number of ether oxygens (including phenoxy) is 1. The maximum Gasteiger partial charge on any atom is 0.407 e. The summed E-state index contributed by atoms with van der Waals surface area (Å²) < 4.78 is 4.76. The summed E-state index contributed by atoms with van der Waals surface area (Å²) in [5.41, 5.74) is 6.05. The fourth-order valence-electron chi connectivity index (χ4n) is 7.64. The van der Waals surface area contributed by atoms with Crippen molar-refractivity contribution in [3.05, 3.63) is 72.6 Å². The summed E-state index contributed by atoms with van der Waals surface area (Å²) >= 11 is 0. The van der Waals surface area contributed by atoms with E-state index in [0.29, 0.717) is 6.54 Å². The number of amides is 4. The highest BCUT2D eigenvalue weighted by molar-refractivity contribution is 5.86. The lowest BCUT2D eigenvalue weighted by molar-refractivity contribution is -0.135. The molecule has 274 valence electrons. The van der Waals surface area contributed by atoms with Crippen LogP contribution in [0.15, 0.2) is 60.9 Å². The Kier molecular flexibility index (Phi) is 10.3. The van der Waals surface area contributed by atoms with Crippen molar-refractivity contribution in [1.29, 1.82) is 0 Å². The van der Waals surface area contributed by atoms with Gasteiger partial charge in [-0.25, -0.2) is 19.6 Å². The lowest BCUT2D eigenvalue weighted by atomic mass is 10.0. The van der Waals surface area contributed by atoms with E-state index in [2.05, 4.69) is 80.7 Å². The number of aromatic amines is 2. The van der Waals surface area contributed by atoms with E-state index in [1.165, 1.54) is 7.11 Å². The van der Waals surface area contributed by atoms with Gasteiger partial charge < -0.3 is 39.6 Å². The van der Waals surface area contributed by atoms with Gasteiger partial charge in [-0.15, -0.1) is 0 Å². The summed E-state index contributed by atoms with van der Waals surface area (Å²) in [6, 6.07) is 16.0. The second-order valence-electron chi connectivity index (χ2n) is 14.5. The Morgan fingerprint density at radius 3 is 1.71 bits per heavy atom. The number of aromatic nitrogens is 4. The zero-order valence-corrected chi connectivity index (χ0v) is 30.5. The number of imidazole rings is 2. The minimum Gasteiger partial charge on any atom is -0.453 e. The number of piperazine rings is 1. The molecule has 0 radical (unpaired) electrons. The third-order valence-electron chi connectivity index (χ3n) is 10.7. The Bertz CT molecular complexity index is 1860. The molecule has 13 heteroatoms. The average molecular weight is 708 g/mol. The molecule has 3 aliphatic heterocycles. The normalized spacial score (nSPS) is 20.1. The lowest BCUT2D eigenvalue weighted by Gasteiger charge is -2.36. The first-order valence-corrected chi connectivity index (χ1v) is 18.4. The molecule has 2 aromatic carbocycles. The van der Waals surface area contributed by atoms with Gasteiger partial charge in [-0.05, 0) is 60.9 Å². The molecule has 0 unspecified atom stereocenters. The molecule has 4 aromatic rings. The third kappa shape index (κ3) is 7.27. The second kappa shape index (κ2) is 15.2. The molecule has 0 bridgehead atoms. The molecule has 2 aromatic heterocycles. The van der Waals surface area contributed by atoms with Gasteiger partial charge in [0.25, 0.3) is 0 Å². The Morgan fingerprint density at radius 2 is 1.21 bits per heavy atom. The molecule has 52 heavy (non-hydrogen) atoms. The number of likely N-dealkylation sites (N-methyl/N-ethyl adjacent to an activating group) is 1. The molecule has 0 saturated carbocycles. The number of urea groups is 1. The van der Waals surface area contributed by atoms with E-state index < -0.39 is 12.1 Å². The van der Waals surface area contributed by atoms with Crippen LogP contribution in [0.1, 0.15) is 63.3 Å². The van der Waals surface area contributed by atoms with E-state index in [0.717, 1.165) is 104 Å². The summed E-state index contributed by atoms with van der Waals surface area (Å²) in [7, 11) is 3.40. The highest BCUT2D eigenvalue weighted by atomic mass is 16.5. The number of benzene rings is 2. The van der Waals surface area contributed by atoms with Crippen molar-refractivity contribution in [2.75, 3.05) is 53.4 Å². The van der Waals surface area contributed by atoms with Crippen LogP contribution in [0, 0.1) is 5.92 Å². The number of carbonyl (C=O) groups is 3. The van der Waals surface area contributed by atoms with Crippen LogP contribution >= 0.6 is 0 Å². The SMILES string of the molecule is COC(=O)N[C@H](C(=O)N1CCC[C@H]1c1ncc(-c2ccc(-c3ccc(-c4cnc([C@@H]5CCCN5C(=O)N5CCN(C)CC5)[nH]4)cc3)cc2)[nH]1)C(C)C. The molecule has 4 amide bonds. The fraction of sp³-hybridized carbons (Fsp3) is 0.462. The van der Waals surface area contributed by atoms with Crippen LogP contribution in [0.5, 0.6) is 0 Å². The maximum absolute atomic E-state index is 13.5. The largest absolute Gasteiger partial charge is 0.453 e. The molecule has 7 rings (SSSR count). The topological polar surface area (TPSA) is 143 Å². The van der Waals surface area contributed by atoms with Gasteiger partial charge in [0.15, 0.2) is 0 Å². The first-order chi connectivity index (χ1) is 25.2. The van der Waals surface area contributed by atoms with E-state index in [1.807, 2.05) is 40.9 Å². The van der Waals surface area contributed by atoms with Gasteiger partial charge >= 0.3 is 12.1 Å². The number of carbonyl (C=O) groups excluding carboxylic acids is 3. The van der Waals surface area contributed by atoms with Gasteiger partial charge in [0.2, 0.25) is 5.91 Å². The quantitative estimate of drug-likeness (QED) is 0.214. The van der Waals surface area contributed by atoms with E-state index in [1.54, 1.807) is 0 Å².